The number of ether oxygens (including phenoxy) is 2. The first-order chi connectivity index (χ1) is 8.17. The van der Waals surface area contributed by atoms with Crippen LogP contribution in [0.2, 0.25) is 0 Å². The molecule has 0 aliphatic carbocycles. The Morgan fingerprint density at radius 2 is 1.41 bits per heavy atom. The third-order valence-corrected chi connectivity index (χ3v) is 4.90. The van der Waals surface area contributed by atoms with Crippen molar-refractivity contribution in [1.29, 1.82) is 0 Å². The third-order valence-electron chi connectivity index (χ3n) is 2.29. The Labute approximate surface area is 108 Å². The van der Waals surface area contributed by atoms with E-state index in [9.17, 15) is 9.11 Å². The number of hydrogen-bond acceptors (Lipinski definition) is 4. The molecule has 0 amide bonds. The van der Waals surface area contributed by atoms with Crippen LogP contribution in [0.5, 0.6) is 0 Å². The molecular formula is C11H18O4S2. The number of rotatable bonds is 8. The van der Waals surface area contributed by atoms with Gasteiger partial charge in [-0.2, -0.15) is 0 Å². The molecule has 4 nitrogen and oxygen atoms in total. The van der Waals surface area contributed by atoms with E-state index < -0.39 is 22.4 Å². The fourth-order valence-corrected chi connectivity index (χ4v) is 3.66. The molecule has 0 aromatic carbocycles. The molecule has 0 spiro atoms. The molecule has 0 radical (unpaired) electrons. The van der Waals surface area contributed by atoms with Gasteiger partial charge in [-0.25, -0.2) is 0 Å². The van der Waals surface area contributed by atoms with Gasteiger partial charge < -0.3 is 18.6 Å². The second kappa shape index (κ2) is 8.18. The highest BCUT2D eigenvalue weighted by Crippen LogP contribution is 2.17. The van der Waals surface area contributed by atoms with Crippen LogP contribution >= 0.6 is 0 Å². The van der Waals surface area contributed by atoms with Gasteiger partial charge in [0, 0.05) is 0 Å². The lowest BCUT2D eigenvalue weighted by atomic mass is 10.3. The topological polar surface area (TPSA) is 64.6 Å². The van der Waals surface area contributed by atoms with Gasteiger partial charge >= 0.3 is 0 Å². The molecule has 1 heterocycles. The smallest absolute Gasteiger partial charge is 0.148 e. The van der Waals surface area contributed by atoms with E-state index in [0.717, 1.165) is 0 Å². The minimum atomic E-state index is -0.991. The van der Waals surface area contributed by atoms with Crippen molar-refractivity contribution >= 4 is 22.4 Å². The predicted octanol–water partition coefficient (Wildman–Crippen LogP) is 0.597. The van der Waals surface area contributed by atoms with Gasteiger partial charge in [-0.05, 0) is 34.5 Å². The van der Waals surface area contributed by atoms with Gasteiger partial charge in [0.05, 0.1) is 0 Å². The van der Waals surface area contributed by atoms with E-state index in [-0.39, 0.29) is 19.0 Å². The van der Waals surface area contributed by atoms with Crippen molar-refractivity contribution in [2.75, 3.05) is 29.8 Å². The summed E-state index contributed by atoms with van der Waals surface area (Å²) in [5.74, 6) is 1.70. The van der Waals surface area contributed by atoms with E-state index in [2.05, 4.69) is 13.2 Å². The average molecular weight is 278 g/mol. The quantitative estimate of drug-likeness (QED) is 0.482. The minimum absolute atomic E-state index is 0.186. The zero-order valence-electron chi connectivity index (χ0n) is 9.71. The summed E-state index contributed by atoms with van der Waals surface area (Å²) in [5.41, 5.74) is 0. The standard InChI is InChI=1S/C11H18O4S2/c1-3-5-16(12)7-10-11(15-9-14-10)8-17(13)6-4-2/h3-4,10-11H,1-2,5-9H2. The highest BCUT2D eigenvalue weighted by molar-refractivity contribution is 7.91. The van der Waals surface area contributed by atoms with E-state index in [1.165, 1.54) is 0 Å². The molecule has 1 fully saturated rings. The summed E-state index contributed by atoms with van der Waals surface area (Å²) in [5, 5.41) is 0. The fourth-order valence-electron chi connectivity index (χ4n) is 1.51. The van der Waals surface area contributed by atoms with Crippen LogP contribution in [0.3, 0.4) is 0 Å². The SMILES string of the molecule is C=CC[S+]([O-])CC1OCOC1C[S+]([O-])CC=C. The van der Waals surface area contributed by atoms with Crippen molar-refractivity contribution in [3.63, 3.8) is 0 Å². The molecule has 0 saturated carbocycles. The van der Waals surface area contributed by atoms with Gasteiger partial charge in [0.2, 0.25) is 0 Å². The molecule has 0 N–H and O–H groups in total. The van der Waals surface area contributed by atoms with Gasteiger partial charge in [0.15, 0.2) is 0 Å². The van der Waals surface area contributed by atoms with Gasteiger partial charge in [-0.3, -0.25) is 0 Å². The molecular weight excluding hydrogens is 260 g/mol. The van der Waals surface area contributed by atoms with Crippen molar-refractivity contribution in [2.45, 2.75) is 12.2 Å². The first-order valence-corrected chi connectivity index (χ1v) is 8.30. The maximum Gasteiger partial charge on any atom is 0.148 e. The normalized spacial score (nSPS) is 27.6. The molecule has 1 rings (SSSR count). The Hall–Kier alpha value is 0.0200. The monoisotopic (exact) mass is 278 g/mol. The first-order valence-electron chi connectivity index (χ1n) is 5.32. The first kappa shape index (κ1) is 15.1. The lowest BCUT2D eigenvalue weighted by Gasteiger charge is -2.19. The van der Waals surface area contributed by atoms with Gasteiger partial charge in [-0.1, -0.05) is 13.2 Å². The zero-order chi connectivity index (χ0) is 12.7. The van der Waals surface area contributed by atoms with E-state index in [1.54, 1.807) is 12.2 Å². The Morgan fingerprint density at radius 3 is 1.76 bits per heavy atom. The van der Waals surface area contributed by atoms with Crippen LogP contribution in [0.15, 0.2) is 25.3 Å². The van der Waals surface area contributed by atoms with Crippen molar-refractivity contribution in [3.05, 3.63) is 25.3 Å². The fraction of sp³-hybridized carbons (Fsp3) is 0.636. The summed E-state index contributed by atoms with van der Waals surface area (Å²) in [6.45, 7) is 7.27. The second-order valence-corrected chi connectivity index (χ2v) is 6.74. The summed E-state index contributed by atoms with van der Waals surface area (Å²) >= 11 is -1.98. The Balaban J connectivity index is 2.37. The second-order valence-electron chi connectivity index (χ2n) is 3.65. The maximum atomic E-state index is 11.6. The molecule has 1 aliphatic heterocycles. The lowest BCUT2D eigenvalue weighted by molar-refractivity contribution is 0.0440. The molecule has 6 heteroatoms. The molecule has 0 bridgehead atoms. The summed E-state index contributed by atoms with van der Waals surface area (Å²) in [6, 6.07) is 0. The Bertz CT molecular complexity index is 226. The van der Waals surface area contributed by atoms with Crippen LogP contribution in [0.25, 0.3) is 0 Å². The largest absolute Gasteiger partial charge is 0.616 e. The molecule has 0 aromatic heterocycles. The lowest BCUT2D eigenvalue weighted by Crippen LogP contribution is -2.36. The van der Waals surface area contributed by atoms with Gasteiger partial charge in [0.25, 0.3) is 0 Å². The van der Waals surface area contributed by atoms with Crippen molar-refractivity contribution in [3.8, 4) is 0 Å². The van der Waals surface area contributed by atoms with E-state index in [1.807, 2.05) is 0 Å². The van der Waals surface area contributed by atoms with Crippen LogP contribution in [0, 0.1) is 0 Å². The maximum absolute atomic E-state index is 11.6. The summed E-state index contributed by atoms with van der Waals surface area (Å²) in [7, 11) is 0. The van der Waals surface area contributed by atoms with Crippen LogP contribution < -0.4 is 0 Å². The van der Waals surface area contributed by atoms with Gasteiger partial charge in [0.1, 0.15) is 42.0 Å². The van der Waals surface area contributed by atoms with E-state index in [0.29, 0.717) is 23.0 Å². The van der Waals surface area contributed by atoms with Crippen molar-refractivity contribution < 1.29 is 18.6 Å². The molecule has 4 unspecified atom stereocenters. The molecule has 0 aromatic rings. The highest BCUT2D eigenvalue weighted by Gasteiger charge is 2.35. The minimum Gasteiger partial charge on any atom is -0.616 e. The molecule has 1 aliphatic rings. The third kappa shape index (κ3) is 5.46. The molecule has 4 atom stereocenters. The van der Waals surface area contributed by atoms with E-state index >= 15 is 0 Å². The average Bonchev–Trinajstić information content (AvgIpc) is 2.66. The molecule has 98 valence electrons. The van der Waals surface area contributed by atoms with Crippen molar-refractivity contribution in [2.24, 2.45) is 0 Å². The summed E-state index contributed by atoms with van der Waals surface area (Å²) < 4.78 is 33.8. The van der Waals surface area contributed by atoms with Crippen LogP contribution in [-0.2, 0) is 31.8 Å². The zero-order valence-corrected chi connectivity index (χ0v) is 11.3. The van der Waals surface area contributed by atoms with Crippen LogP contribution in [0.1, 0.15) is 0 Å². The molecule has 1 saturated heterocycles. The summed E-state index contributed by atoms with van der Waals surface area (Å²) in [6.07, 6.45) is 2.78. The summed E-state index contributed by atoms with van der Waals surface area (Å²) in [4.78, 5) is 0. The highest BCUT2D eigenvalue weighted by atomic mass is 32.2. The Morgan fingerprint density at radius 1 is 1.00 bits per heavy atom. The van der Waals surface area contributed by atoms with Crippen LogP contribution in [-0.4, -0.2) is 51.1 Å². The van der Waals surface area contributed by atoms with Gasteiger partial charge in [-0.15, -0.1) is 0 Å². The van der Waals surface area contributed by atoms with Crippen LogP contribution in [0.4, 0.5) is 0 Å². The van der Waals surface area contributed by atoms with Crippen molar-refractivity contribution in [1.82, 2.24) is 0 Å². The Kier molecular flexibility index (Phi) is 7.26. The predicted molar refractivity (Wildman–Crippen MR) is 70.8 cm³/mol. The van der Waals surface area contributed by atoms with E-state index in [4.69, 9.17) is 9.47 Å². The number of hydrogen-bond donors (Lipinski definition) is 0. The molecule has 17 heavy (non-hydrogen) atoms.